The largest absolute Gasteiger partial charge is 0.460 e. The third-order valence-corrected chi connectivity index (χ3v) is 3.72. The molecule has 0 aromatic heterocycles. The molecule has 1 amide bonds. The number of carbonyl (C=O) groups excluding carboxylic acids is 2. The maximum atomic E-state index is 12.8. The fraction of sp³-hybridized carbons (Fsp3) is 0.100. The number of nitrogens with one attached hydrogen (secondary N) is 1. The second kappa shape index (κ2) is 7.57. The average Bonchev–Trinajstić information content (AvgIpc) is 2.65. The van der Waals surface area contributed by atoms with E-state index < -0.39 is 5.97 Å². The zero-order chi connectivity index (χ0) is 17.6. The number of hydrogen-bond acceptors (Lipinski definition) is 3. The second-order valence-electron chi connectivity index (χ2n) is 5.53. The smallest absolute Gasteiger partial charge is 0.325 e. The lowest BCUT2D eigenvalue weighted by Gasteiger charge is -2.07. The second-order valence-corrected chi connectivity index (χ2v) is 5.53. The predicted octanol–water partition coefficient (Wildman–Crippen LogP) is 3.45. The highest BCUT2D eigenvalue weighted by Crippen LogP contribution is 2.15. The number of halogens is 1. The molecular formula is C20H16FNO3. The summed E-state index contributed by atoms with van der Waals surface area (Å²) in [6.45, 7) is -0.197. The minimum Gasteiger partial charge on any atom is -0.460 e. The van der Waals surface area contributed by atoms with Crippen molar-refractivity contribution in [1.82, 2.24) is 5.32 Å². The van der Waals surface area contributed by atoms with Crippen LogP contribution in [0.5, 0.6) is 0 Å². The van der Waals surface area contributed by atoms with Crippen molar-refractivity contribution in [3.05, 3.63) is 83.7 Å². The molecule has 0 saturated carbocycles. The van der Waals surface area contributed by atoms with Gasteiger partial charge in [0, 0.05) is 5.56 Å². The summed E-state index contributed by atoms with van der Waals surface area (Å²) in [6, 6.07) is 18.7. The Kier molecular flexibility index (Phi) is 5.04. The van der Waals surface area contributed by atoms with Gasteiger partial charge in [-0.3, -0.25) is 9.59 Å². The van der Waals surface area contributed by atoms with Crippen LogP contribution < -0.4 is 5.32 Å². The van der Waals surface area contributed by atoms with E-state index >= 15 is 0 Å². The van der Waals surface area contributed by atoms with E-state index in [1.165, 1.54) is 24.3 Å². The van der Waals surface area contributed by atoms with Gasteiger partial charge in [-0.25, -0.2) is 4.39 Å². The molecular weight excluding hydrogens is 321 g/mol. The van der Waals surface area contributed by atoms with Gasteiger partial charge in [0.05, 0.1) is 0 Å². The quantitative estimate of drug-likeness (QED) is 0.726. The van der Waals surface area contributed by atoms with Gasteiger partial charge in [0.25, 0.3) is 5.91 Å². The molecule has 0 heterocycles. The molecule has 5 heteroatoms. The highest BCUT2D eigenvalue weighted by atomic mass is 19.1. The number of carbonyl (C=O) groups is 2. The van der Waals surface area contributed by atoms with E-state index in [9.17, 15) is 14.0 Å². The monoisotopic (exact) mass is 337 g/mol. The first-order chi connectivity index (χ1) is 12.1. The van der Waals surface area contributed by atoms with Crippen LogP contribution in [0.1, 0.15) is 15.9 Å². The van der Waals surface area contributed by atoms with Crippen molar-refractivity contribution in [3.63, 3.8) is 0 Å². The minimum atomic E-state index is -0.557. The van der Waals surface area contributed by atoms with Crippen LogP contribution in [-0.4, -0.2) is 18.4 Å². The van der Waals surface area contributed by atoms with Crippen molar-refractivity contribution in [2.45, 2.75) is 6.61 Å². The fourth-order valence-corrected chi connectivity index (χ4v) is 2.38. The summed E-state index contributed by atoms with van der Waals surface area (Å²) in [5.41, 5.74) is 1.15. The first kappa shape index (κ1) is 16.6. The van der Waals surface area contributed by atoms with Gasteiger partial charge in [0.2, 0.25) is 0 Å². The van der Waals surface area contributed by atoms with Crippen LogP contribution in [0.25, 0.3) is 10.8 Å². The van der Waals surface area contributed by atoms with Crippen molar-refractivity contribution in [2.75, 3.05) is 6.54 Å². The van der Waals surface area contributed by atoms with E-state index in [0.717, 1.165) is 10.8 Å². The summed E-state index contributed by atoms with van der Waals surface area (Å²) in [7, 11) is 0. The Morgan fingerprint density at radius 1 is 0.920 bits per heavy atom. The molecule has 0 bridgehead atoms. The topological polar surface area (TPSA) is 55.4 Å². The number of benzene rings is 3. The number of fused-ring (bicyclic) bond motifs is 1. The molecule has 0 aliphatic heterocycles. The molecule has 0 fully saturated rings. The number of ether oxygens (including phenoxy) is 1. The normalized spacial score (nSPS) is 10.4. The minimum absolute atomic E-state index is 0.0327. The van der Waals surface area contributed by atoms with Gasteiger partial charge in [-0.05, 0) is 40.6 Å². The van der Waals surface area contributed by atoms with Crippen LogP contribution in [0.4, 0.5) is 4.39 Å². The highest BCUT2D eigenvalue weighted by Gasteiger charge is 2.09. The Morgan fingerprint density at radius 3 is 2.40 bits per heavy atom. The SMILES string of the molecule is O=C(CNC(=O)c1ccc2ccccc2c1)OCc1ccc(F)cc1. The molecule has 0 saturated heterocycles. The van der Waals surface area contributed by atoms with Gasteiger partial charge in [0.15, 0.2) is 0 Å². The average molecular weight is 337 g/mol. The third kappa shape index (κ3) is 4.41. The van der Waals surface area contributed by atoms with Crippen molar-refractivity contribution in [2.24, 2.45) is 0 Å². The van der Waals surface area contributed by atoms with Crippen LogP contribution >= 0.6 is 0 Å². The summed E-state index contributed by atoms with van der Waals surface area (Å²) >= 11 is 0. The molecule has 3 aromatic rings. The van der Waals surface area contributed by atoms with Crippen molar-refractivity contribution < 1.29 is 18.7 Å². The van der Waals surface area contributed by atoms with E-state index in [0.29, 0.717) is 11.1 Å². The predicted molar refractivity (Wildman–Crippen MR) is 92.5 cm³/mol. The Hall–Kier alpha value is -3.21. The zero-order valence-corrected chi connectivity index (χ0v) is 13.4. The van der Waals surface area contributed by atoms with Gasteiger partial charge in [-0.1, -0.05) is 42.5 Å². The van der Waals surface area contributed by atoms with Crippen LogP contribution in [0.3, 0.4) is 0 Å². The van der Waals surface area contributed by atoms with Gasteiger partial charge in [-0.15, -0.1) is 0 Å². The molecule has 0 radical (unpaired) electrons. The molecule has 3 aromatic carbocycles. The Labute approximate surface area is 144 Å². The maximum Gasteiger partial charge on any atom is 0.325 e. The molecule has 0 aliphatic rings. The standard InChI is InChI=1S/C20H16FNO3/c21-18-9-5-14(6-10-18)13-25-19(23)12-22-20(24)17-8-7-15-3-1-2-4-16(15)11-17/h1-11H,12-13H2,(H,22,24). The third-order valence-electron chi connectivity index (χ3n) is 3.72. The molecule has 25 heavy (non-hydrogen) atoms. The lowest BCUT2D eigenvalue weighted by Crippen LogP contribution is -2.30. The Balaban J connectivity index is 1.52. The Bertz CT molecular complexity index is 906. The first-order valence-corrected chi connectivity index (χ1v) is 7.79. The highest BCUT2D eigenvalue weighted by molar-refractivity contribution is 5.99. The molecule has 0 atom stereocenters. The molecule has 0 spiro atoms. The number of amides is 1. The van der Waals surface area contributed by atoms with Gasteiger partial charge in [-0.2, -0.15) is 0 Å². The summed E-state index contributed by atoms with van der Waals surface area (Å²) in [5.74, 6) is -1.25. The number of esters is 1. The molecule has 126 valence electrons. The first-order valence-electron chi connectivity index (χ1n) is 7.79. The molecule has 4 nitrogen and oxygen atoms in total. The fourth-order valence-electron chi connectivity index (χ4n) is 2.38. The number of rotatable bonds is 5. The lowest BCUT2D eigenvalue weighted by atomic mass is 10.1. The summed E-state index contributed by atoms with van der Waals surface area (Å²) in [5, 5.41) is 4.53. The zero-order valence-electron chi connectivity index (χ0n) is 13.4. The summed E-state index contributed by atoms with van der Waals surface area (Å²) in [6.07, 6.45) is 0. The summed E-state index contributed by atoms with van der Waals surface area (Å²) < 4.78 is 17.8. The van der Waals surface area contributed by atoms with E-state index in [2.05, 4.69) is 5.32 Å². The lowest BCUT2D eigenvalue weighted by molar-refractivity contribution is -0.143. The van der Waals surface area contributed by atoms with E-state index in [-0.39, 0.29) is 24.9 Å². The van der Waals surface area contributed by atoms with Gasteiger partial charge < -0.3 is 10.1 Å². The van der Waals surface area contributed by atoms with Crippen LogP contribution in [0, 0.1) is 5.82 Å². The Morgan fingerprint density at radius 2 is 1.64 bits per heavy atom. The van der Waals surface area contributed by atoms with Crippen molar-refractivity contribution in [1.29, 1.82) is 0 Å². The molecule has 0 aliphatic carbocycles. The van der Waals surface area contributed by atoms with E-state index in [4.69, 9.17) is 4.74 Å². The maximum absolute atomic E-state index is 12.8. The summed E-state index contributed by atoms with van der Waals surface area (Å²) in [4.78, 5) is 23.9. The van der Waals surface area contributed by atoms with E-state index in [1.54, 1.807) is 12.1 Å². The molecule has 0 unspecified atom stereocenters. The van der Waals surface area contributed by atoms with Crippen LogP contribution in [0.2, 0.25) is 0 Å². The molecule has 1 N–H and O–H groups in total. The van der Waals surface area contributed by atoms with Gasteiger partial charge in [0.1, 0.15) is 19.0 Å². The van der Waals surface area contributed by atoms with Crippen LogP contribution in [-0.2, 0) is 16.1 Å². The van der Waals surface area contributed by atoms with Crippen molar-refractivity contribution in [3.8, 4) is 0 Å². The molecule has 3 rings (SSSR count). The van der Waals surface area contributed by atoms with Gasteiger partial charge >= 0.3 is 5.97 Å². The van der Waals surface area contributed by atoms with Crippen LogP contribution in [0.15, 0.2) is 66.7 Å². The number of hydrogen-bond donors (Lipinski definition) is 1. The van der Waals surface area contributed by atoms with E-state index in [1.807, 2.05) is 30.3 Å². The van der Waals surface area contributed by atoms with Crippen molar-refractivity contribution >= 4 is 22.6 Å².